The molecule has 4 N–H and O–H groups in total. The summed E-state index contributed by atoms with van der Waals surface area (Å²) in [5, 5.41) is 5.47. The van der Waals surface area contributed by atoms with E-state index < -0.39 is 0 Å². The Bertz CT molecular complexity index is 489. The fourth-order valence-electron chi connectivity index (χ4n) is 1.44. The molecule has 1 aromatic rings. The number of carbonyl (C=O) groups is 1. The minimum atomic E-state index is -0.260. The zero-order chi connectivity index (χ0) is 14.1. The molecule has 19 heavy (non-hydrogen) atoms. The number of hydrogen-bond donors (Lipinski definition) is 3. The number of hydrogen-bond acceptors (Lipinski definition) is 3. The fourth-order valence-corrected chi connectivity index (χ4v) is 1.44. The Morgan fingerprint density at radius 1 is 1.47 bits per heavy atom. The Morgan fingerprint density at radius 2 is 2.26 bits per heavy atom. The number of ether oxygens (including phenoxy) is 1. The second-order valence-corrected chi connectivity index (χ2v) is 3.80. The number of carbonyl (C=O) groups excluding carboxylic acids is 1. The molecule has 1 aromatic carbocycles. The number of benzene rings is 1. The van der Waals surface area contributed by atoms with Crippen molar-refractivity contribution in [1.82, 2.24) is 5.32 Å². The van der Waals surface area contributed by atoms with Crippen LogP contribution in [-0.2, 0) is 0 Å². The summed E-state index contributed by atoms with van der Waals surface area (Å²) in [6, 6.07) is 5.07. The first-order valence-corrected chi connectivity index (χ1v) is 6.13. The quantitative estimate of drug-likeness (QED) is 0.719. The van der Waals surface area contributed by atoms with Crippen molar-refractivity contribution < 1.29 is 9.53 Å². The molecule has 0 aliphatic rings. The van der Waals surface area contributed by atoms with Crippen LogP contribution >= 0.6 is 0 Å². The molecule has 0 aliphatic carbocycles. The zero-order valence-corrected chi connectivity index (χ0v) is 11.2. The van der Waals surface area contributed by atoms with Gasteiger partial charge in [-0.1, -0.05) is 18.8 Å². The van der Waals surface area contributed by atoms with Gasteiger partial charge in [-0.25, -0.2) is 4.79 Å². The molecule has 1 rings (SSSR count). The molecule has 0 saturated carbocycles. The summed E-state index contributed by atoms with van der Waals surface area (Å²) >= 11 is 0. The Labute approximate surface area is 113 Å². The first kappa shape index (κ1) is 14.9. The average Bonchev–Trinajstić information content (AvgIpc) is 2.43. The highest BCUT2D eigenvalue weighted by atomic mass is 16.5. The molecule has 5 heteroatoms. The van der Waals surface area contributed by atoms with Gasteiger partial charge < -0.3 is 21.1 Å². The topological polar surface area (TPSA) is 76.4 Å². The van der Waals surface area contributed by atoms with Crippen LogP contribution in [-0.4, -0.2) is 26.2 Å². The molecule has 0 radical (unpaired) electrons. The minimum Gasteiger partial charge on any atom is -0.495 e. The lowest BCUT2D eigenvalue weighted by atomic mass is 10.2. The van der Waals surface area contributed by atoms with Crippen molar-refractivity contribution in [2.75, 3.05) is 25.5 Å². The van der Waals surface area contributed by atoms with Crippen molar-refractivity contribution in [3.63, 3.8) is 0 Å². The van der Waals surface area contributed by atoms with Crippen LogP contribution in [0, 0.1) is 11.8 Å². The van der Waals surface area contributed by atoms with Crippen LogP contribution in [0.2, 0.25) is 0 Å². The van der Waals surface area contributed by atoms with Crippen molar-refractivity contribution in [3.8, 4) is 17.6 Å². The third kappa shape index (κ3) is 4.90. The summed E-state index contributed by atoms with van der Waals surface area (Å²) in [6.45, 7) is 2.91. The van der Waals surface area contributed by atoms with E-state index in [1.807, 2.05) is 13.0 Å². The number of nitrogens with one attached hydrogen (secondary N) is 2. The van der Waals surface area contributed by atoms with Crippen molar-refractivity contribution in [1.29, 1.82) is 0 Å². The molecule has 0 spiro atoms. The Kier molecular flexibility index (Phi) is 6.27. The highest BCUT2D eigenvalue weighted by Crippen LogP contribution is 2.25. The average molecular weight is 261 g/mol. The maximum Gasteiger partial charge on any atom is 0.319 e. The predicted octanol–water partition coefficient (Wildman–Crippen LogP) is 1.54. The van der Waals surface area contributed by atoms with Crippen LogP contribution in [0.4, 0.5) is 10.5 Å². The number of amides is 2. The first-order chi connectivity index (χ1) is 9.21. The van der Waals surface area contributed by atoms with E-state index in [2.05, 4.69) is 22.5 Å². The molecule has 0 saturated heterocycles. The van der Waals surface area contributed by atoms with Crippen molar-refractivity contribution in [2.24, 2.45) is 5.73 Å². The third-order valence-corrected chi connectivity index (χ3v) is 2.32. The molecule has 2 amide bonds. The molecule has 0 unspecified atom stereocenters. The highest BCUT2D eigenvalue weighted by molar-refractivity contribution is 5.91. The molecule has 0 heterocycles. The van der Waals surface area contributed by atoms with Crippen LogP contribution < -0.4 is 21.1 Å². The SMILES string of the molecule is CCCNC(=O)Nc1cc(C#CCN)ccc1OC. The van der Waals surface area contributed by atoms with E-state index in [1.54, 1.807) is 19.2 Å². The molecule has 0 aliphatic heterocycles. The van der Waals surface area contributed by atoms with Crippen LogP contribution in [0.25, 0.3) is 0 Å². The van der Waals surface area contributed by atoms with Gasteiger partial charge in [-0.05, 0) is 24.6 Å². The maximum atomic E-state index is 11.6. The largest absolute Gasteiger partial charge is 0.495 e. The normalized spacial score (nSPS) is 9.21. The van der Waals surface area contributed by atoms with E-state index in [0.717, 1.165) is 12.0 Å². The smallest absolute Gasteiger partial charge is 0.319 e. The third-order valence-electron chi connectivity index (χ3n) is 2.32. The lowest BCUT2D eigenvalue weighted by Gasteiger charge is -2.11. The lowest BCUT2D eigenvalue weighted by molar-refractivity contribution is 0.252. The number of rotatable bonds is 4. The molecule has 0 atom stereocenters. The molecule has 102 valence electrons. The molecule has 0 aromatic heterocycles. The van der Waals surface area contributed by atoms with E-state index in [0.29, 0.717) is 24.5 Å². The standard InChI is InChI=1S/C14H19N3O2/c1-3-9-16-14(18)17-12-10-11(5-4-8-15)6-7-13(12)19-2/h6-7,10H,3,8-9,15H2,1-2H3,(H2,16,17,18). The van der Waals surface area contributed by atoms with Crippen molar-refractivity contribution >= 4 is 11.7 Å². The van der Waals surface area contributed by atoms with Gasteiger partial charge in [-0.15, -0.1) is 0 Å². The Hall–Kier alpha value is -2.19. The Morgan fingerprint density at radius 3 is 2.89 bits per heavy atom. The number of anilines is 1. The summed E-state index contributed by atoms with van der Waals surface area (Å²) in [6.07, 6.45) is 0.882. The molecular weight excluding hydrogens is 242 g/mol. The summed E-state index contributed by atoms with van der Waals surface area (Å²) in [7, 11) is 1.55. The Balaban J connectivity index is 2.86. The first-order valence-electron chi connectivity index (χ1n) is 6.13. The van der Waals surface area contributed by atoms with E-state index in [4.69, 9.17) is 10.5 Å². The van der Waals surface area contributed by atoms with Crippen LogP contribution in [0.5, 0.6) is 5.75 Å². The van der Waals surface area contributed by atoms with Gasteiger partial charge in [-0.3, -0.25) is 0 Å². The number of nitrogens with two attached hydrogens (primary N) is 1. The van der Waals surface area contributed by atoms with E-state index >= 15 is 0 Å². The van der Waals surface area contributed by atoms with Gasteiger partial charge in [0.2, 0.25) is 0 Å². The summed E-state index contributed by atoms with van der Waals surface area (Å²) in [5.41, 5.74) is 6.69. The molecular formula is C14H19N3O2. The summed E-state index contributed by atoms with van der Waals surface area (Å²) < 4.78 is 5.19. The van der Waals surface area contributed by atoms with Crippen LogP contribution in [0.1, 0.15) is 18.9 Å². The second-order valence-electron chi connectivity index (χ2n) is 3.80. The van der Waals surface area contributed by atoms with Crippen molar-refractivity contribution in [2.45, 2.75) is 13.3 Å². The number of urea groups is 1. The number of methoxy groups -OCH3 is 1. The fraction of sp³-hybridized carbons (Fsp3) is 0.357. The van der Waals surface area contributed by atoms with Gasteiger partial charge in [0, 0.05) is 12.1 Å². The predicted molar refractivity (Wildman–Crippen MR) is 76.2 cm³/mol. The summed E-state index contributed by atoms with van der Waals surface area (Å²) in [5.74, 6) is 6.26. The van der Waals surface area contributed by atoms with E-state index in [9.17, 15) is 4.79 Å². The monoisotopic (exact) mass is 261 g/mol. The maximum absolute atomic E-state index is 11.6. The van der Waals surface area contributed by atoms with Gasteiger partial charge in [0.05, 0.1) is 19.3 Å². The minimum absolute atomic E-state index is 0.260. The van der Waals surface area contributed by atoms with E-state index in [-0.39, 0.29) is 6.03 Å². The summed E-state index contributed by atoms with van der Waals surface area (Å²) in [4.78, 5) is 11.6. The van der Waals surface area contributed by atoms with Crippen LogP contribution in [0.15, 0.2) is 18.2 Å². The zero-order valence-electron chi connectivity index (χ0n) is 11.2. The van der Waals surface area contributed by atoms with Gasteiger partial charge in [-0.2, -0.15) is 0 Å². The molecule has 0 fully saturated rings. The van der Waals surface area contributed by atoms with Crippen molar-refractivity contribution in [3.05, 3.63) is 23.8 Å². The van der Waals surface area contributed by atoms with E-state index in [1.165, 1.54) is 0 Å². The second kappa shape index (κ2) is 8.01. The van der Waals surface area contributed by atoms with Gasteiger partial charge in [0.1, 0.15) is 5.75 Å². The van der Waals surface area contributed by atoms with Gasteiger partial charge >= 0.3 is 6.03 Å². The van der Waals surface area contributed by atoms with Crippen LogP contribution in [0.3, 0.4) is 0 Å². The van der Waals surface area contributed by atoms with Gasteiger partial charge in [0.15, 0.2) is 0 Å². The van der Waals surface area contributed by atoms with Gasteiger partial charge in [0.25, 0.3) is 0 Å². The molecule has 0 bridgehead atoms. The lowest BCUT2D eigenvalue weighted by Crippen LogP contribution is -2.29. The highest BCUT2D eigenvalue weighted by Gasteiger charge is 2.07. The molecule has 5 nitrogen and oxygen atoms in total.